The summed E-state index contributed by atoms with van der Waals surface area (Å²) in [6.45, 7) is 3.90. The molecule has 1 aliphatic rings. The molecule has 2 heterocycles. The number of rotatable bonds is 2. The minimum absolute atomic E-state index is 0.0949. The van der Waals surface area contributed by atoms with E-state index >= 15 is 0 Å². The maximum Gasteiger partial charge on any atom is 0.233 e. The zero-order valence-electron chi connectivity index (χ0n) is 9.68. The molecule has 17 heavy (non-hydrogen) atoms. The lowest BCUT2D eigenvalue weighted by Gasteiger charge is -2.14. The van der Waals surface area contributed by atoms with Crippen molar-refractivity contribution in [3.05, 3.63) is 28.5 Å². The molecule has 0 saturated carbocycles. The smallest absolute Gasteiger partial charge is 0.233 e. The quantitative estimate of drug-likeness (QED) is 0.784. The Morgan fingerprint density at radius 2 is 1.82 bits per heavy atom. The van der Waals surface area contributed by atoms with Gasteiger partial charge in [-0.15, -0.1) is 0 Å². The number of nitrogens with zero attached hydrogens (tertiary/aromatic N) is 2. The molecule has 1 aromatic heterocycles. The van der Waals surface area contributed by atoms with Crippen LogP contribution in [0.15, 0.2) is 22.9 Å². The van der Waals surface area contributed by atoms with Gasteiger partial charge in [0.25, 0.3) is 0 Å². The first-order chi connectivity index (χ1) is 8.00. The Balaban J connectivity index is 2.20. The van der Waals surface area contributed by atoms with Gasteiger partial charge in [0.1, 0.15) is 0 Å². The second-order valence-electron chi connectivity index (χ2n) is 4.35. The monoisotopic (exact) mass is 296 g/mol. The lowest BCUT2D eigenvalue weighted by molar-refractivity contribution is -0.140. The van der Waals surface area contributed by atoms with E-state index in [2.05, 4.69) is 20.9 Å². The standard InChI is InChI=1S/C12H13BrN2O2/c1-7-8(2)12(17)15(11(7)16)6-9-3-10(13)5-14-4-9/h3-5,7-8H,6H2,1-2H3. The summed E-state index contributed by atoms with van der Waals surface area (Å²) in [5.41, 5.74) is 0.849. The summed E-state index contributed by atoms with van der Waals surface area (Å²) in [6.07, 6.45) is 3.33. The van der Waals surface area contributed by atoms with Crippen LogP contribution in [0.25, 0.3) is 0 Å². The van der Waals surface area contributed by atoms with Gasteiger partial charge in [0.2, 0.25) is 11.8 Å². The van der Waals surface area contributed by atoms with Crippen molar-refractivity contribution in [2.75, 3.05) is 0 Å². The number of amides is 2. The van der Waals surface area contributed by atoms with Gasteiger partial charge in [-0.25, -0.2) is 0 Å². The molecular weight excluding hydrogens is 284 g/mol. The van der Waals surface area contributed by atoms with Crippen LogP contribution in [0.4, 0.5) is 0 Å². The van der Waals surface area contributed by atoms with E-state index in [-0.39, 0.29) is 23.7 Å². The van der Waals surface area contributed by atoms with Gasteiger partial charge >= 0.3 is 0 Å². The van der Waals surface area contributed by atoms with Gasteiger partial charge in [-0.2, -0.15) is 0 Å². The lowest BCUT2D eigenvalue weighted by atomic mass is 10.00. The van der Waals surface area contributed by atoms with Crippen molar-refractivity contribution in [3.8, 4) is 0 Å². The zero-order valence-corrected chi connectivity index (χ0v) is 11.3. The molecule has 2 rings (SSSR count). The van der Waals surface area contributed by atoms with Crippen molar-refractivity contribution in [3.63, 3.8) is 0 Å². The number of aromatic nitrogens is 1. The van der Waals surface area contributed by atoms with Gasteiger partial charge < -0.3 is 0 Å². The van der Waals surface area contributed by atoms with Gasteiger partial charge in [0, 0.05) is 28.7 Å². The highest BCUT2D eigenvalue weighted by molar-refractivity contribution is 9.10. The second-order valence-corrected chi connectivity index (χ2v) is 5.27. The minimum atomic E-state index is -0.220. The molecule has 0 aromatic carbocycles. The number of carbonyl (C=O) groups is 2. The zero-order chi connectivity index (χ0) is 12.6. The van der Waals surface area contributed by atoms with Crippen LogP contribution in [0.2, 0.25) is 0 Å². The van der Waals surface area contributed by atoms with E-state index in [1.807, 2.05) is 6.07 Å². The molecule has 1 fully saturated rings. The number of halogens is 1. The third-order valence-electron chi connectivity index (χ3n) is 3.16. The fourth-order valence-corrected chi connectivity index (χ4v) is 2.32. The van der Waals surface area contributed by atoms with Crippen LogP contribution in [0, 0.1) is 11.8 Å². The van der Waals surface area contributed by atoms with Crippen molar-refractivity contribution < 1.29 is 9.59 Å². The van der Waals surface area contributed by atoms with Crippen LogP contribution in [0.1, 0.15) is 19.4 Å². The van der Waals surface area contributed by atoms with E-state index in [0.29, 0.717) is 6.54 Å². The van der Waals surface area contributed by atoms with Crippen LogP contribution in [0.5, 0.6) is 0 Å². The van der Waals surface area contributed by atoms with Gasteiger partial charge in [-0.1, -0.05) is 13.8 Å². The lowest BCUT2D eigenvalue weighted by Crippen LogP contribution is -2.30. The van der Waals surface area contributed by atoms with Crippen LogP contribution in [-0.4, -0.2) is 21.7 Å². The Kier molecular flexibility index (Phi) is 3.28. The summed E-state index contributed by atoms with van der Waals surface area (Å²) in [4.78, 5) is 29.1. The summed E-state index contributed by atoms with van der Waals surface area (Å²) in [7, 11) is 0. The molecule has 4 nitrogen and oxygen atoms in total. The predicted octanol–water partition coefficient (Wildman–Crippen LogP) is 1.99. The Bertz CT molecular complexity index is 455. The molecule has 0 N–H and O–H groups in total. The minimum Gasteiger partial charge on any atom is -0.278 e. The van der Waals surface area contributed by atoms with E-state index in [4.69, 9.17) is 0 Å². The average Bonchev–Trinajstić information content (AvgIpc) is 2.47. The number of pyridine rings is 1. The van der Waals surface area contributed by atoms with E-state index in [0.717, 1.165) is 10.0 Å². The van der Waals surface area contributed by atoms with E-state index in [1.54, 1.807) is 26.2 Å². The Labute approximate surface area is 108 Å². The van der Waals surface area contributed by atoms with Crippen molar-refractivity contribution in [2.45, 2.75) is 20.4 Å². The fourth-order valence-electron chi connectivity index (χ4n) is 1.91. The second kappa shape index (κ2) is 4.56. The largest absolute Gasteiger partial charge is 0.278 e. The van der Waals surface area contributed by atoms with Gasteiger partial charge in [-0.3, -0.25) is 19.5 Å². The molecule has 2 amide bonds. The van der Waals surface area contributed by atoms with E-state index in [9.17, 15) is 9.59 Å². The average molecular weight is 297 g/mol. The summed E-state index contributed by atoms with van der Waals surface area (Å²) < 4.78 is 0.843. The topological polar surface area (TPSA) is 50.3 Å². The maximum atomic E-state index is 11.9. The molecule has 0 radical (unpaired) electrons. The van der Waals surface area contributed by atoms with Gasteiger partial charge in [0.15, 0.2) is 0 Å². The van der Waals surface area contributed by atoms with Gasteiger partial charge in [-0.05, 0) is 27.6 Å². The van der Waals surface area contributed by atoms with Crippen LogP contribution >= 0.6 is 15.9 Å². The number of hydrogen-bond donors (Lipinski definition) is 0. The van der Waals surface area contributed by atoms with Crippen LogP contribution < -0.4 is 0 Å². The Morgan fingerprint density at radius 3 is 2.35 bits per heavy atom. The summed E-state index contributed by atoms with van der Waals surface area (Å²) in [5.74, 6) is -0.629. The predicted molar refractivity (Wildman–Crippen MR) is 65.8 cm³/mol. The molecule has 1 aliphatic heterocycles. The number of carbonyl (C=O) groups excluding carboxylic acids is 2. The maximum absolute atomic E-state index is 11.9. The van der Waals surface area contributed by atoms with Crippen molar-refractivity contribution in [1.82, 2.24) is 9.88 Å². The third-order valence-corrected chi connectivity index (χ3v) is 3.60. The highest BCUT2D eigenvalue weighted by Crippen LogP contribution is 2.27. The highest BCUT2D eigenvalue weighted by Gasteiger charge is 2.41. The number of hydrogen-bond acceptors (Lipinski definition) is 3. The first-order valence-electron chi connectivity index (χ1n) is 5.45. The Morgan fingerprint density at radius 1 is 1.24 bits per heavy atom. The molecular formula is C12H13BrN2O2. The normalized spacial score (nSPS) is 24.5. The molecule has 2 unspecified atom stereocenters. The van der Waals surface area contributed by atoms with Crippen LogP contribution in [0.3, 0.4) is 0 Å². The fraction of sp³-hybridized carbons (Fsp3) is 0.417. The van der Waals surface area contributed by atoms with Crippen LogP contribution in [-0.2, 0) is 16.1 Å². The molecule has 0 aliphatic carbocycles. The number of likely N-dealkylation sites (tertiary alicyclic amines) is 1. The first kappa shape index (κ1) is 12.2. The Hall–Kier alpha value is -1.23. The summed E-state index contributed by atoms with van der Waals surface area (Å²) in [5, 5.41) is 0. The summed E-state index contributed by atoms with van der Waals surface area (Å²) in [6, 6.07) is 1.86. The van der Waals surface area contributed by atoms with Crippen molar-refractivity contribution >= 4 is 27.7 Å². The number of imide groups is 1. The molecule has 0 spiro atoms. The molecule has 90 valence electrons. The van der Waals surface area contributed by atoms with Crippen molar-refractivity contribution in [1.29, 1.82) is 0 Å². The van der Waals surface area contributed by atoms with Gasteiger partial charge in [0.05, 0.1) is 6.54 Å². The van der Waals surface area contributed by atoms with Crippen molar-refractivity contribution in [2.24, 2.45) is 11.8 Å². The highest BCUT2D eigenvalue weighted by atomic mass is 79.9. The molecule has 0 bridgehead atoms. The summed E-state index contributed by atoms with van der Waals surface area (Å²) >= 11 is 3.31. The first-order valence-corrected chi connectivity index (χ1v) is 6.24. The SMILES string of the molecule is CC1C(=O)N(Cc2cncc(Br)c2)C(=O)C1C. The third kappa shape index (κ3) is 2.24. The molecule has 2 atom stereocenters. The molecule has 5 heteroatoms. The van der Waals surface area contributed by atoms with E-state index in [1.165, 1.54) is 4.90 Å². The molecule has 1 aromatic rings. The van der Waals surface area contributed by atoms with E-state index < -0.39 is 0 Å². The molecule has 1 saturated heterocycles.